The van der Waals surface area contributed by atoms with Crippen LogP contribution in [0.25, 0.3) is 10.8 Å². The van der Waals surface area contributed by atoms with E-state index in [-0.39, 0.29) is 6.01 Å². The molecule has 4 aromatic rings. The van der Waals surface area contributed by atoms with E-state index in [0.717, 1.165) is 22.9 Å². The number of hydrogen-bond acceptors (Lipinski definition) is 7. The lowest BCUT2D eigenvalue weighted by Crippen LogP contribution is -2.09. The molecule has 1 heterocycles. The van der Waals surface area contributed by atoms with Gasteiger partial charge < -0.3 is 15.4 Å². The van der Waals surface area contributed by atoms with Crippen LogP contribution >= 0.6 is 11.6 Å². The number of nitrogens with zero attached hydrogens (tertiary/aromatic N) is 4. The maximum Gasteiger partial charge on any atom is 0.328 e. The first-order chi connectivity index (χ1) is 15.2. The summed E-state index contributed by atoms with van der Waals surface area (Å²) in [4.78, 5) is 13.1. The van der Waals surface area contributed by atoms with Gasteiger partial charge in [-0.05, 0) is 42.1 Å². The minimum atomic E-state index is 0.113. The van der Waals surface area contributed by atoms with Crippen LogP contribution in [-0.2, 0) is 0 Å². The third kappa shape index (κ3) is 4.82. The third-order valence-electron chi connectivity index (χ3n) is 4.45. The summed E-state index contributed by atoms with van der Waals surface area (Å²) in [5.74, 6) is 1.16. The molecule has 4 rings (SSSR count). The van der Waals surface area contributed by atoms with Crippen LogP contribution in [0, 0.1) is 11.3 Å². The van der Waals surface area contributed by atoms with Crippen LogP contribution in [0.15, 0.2) is 60.7 Å². The van der Waals surface area contributed by atoms with Crippen molar-refractivity contribution in [3.63, 3.8) is 0 Å². The molecule has 3 aromatic carbocycles. The van der Waals surface area contributed by atoms with E-state index in [0.29, 0.717) is 34.8 Å². The van der Waals surface area contributed by atoms with Crippen LogP contribution in [0.4, 0.5) is 17.6 Å². The zero-order valence-electron chi connectivity index (χ0n) is 16.8. The molecule has 2 N–H and O–H groups in total. The standard InChI is InChI=1S/C23H19ClN6O/c1-2-13-26-21-28-22(27-17-10-7-15(14-25)8-11-17)30-23(29-21)31-19-12-9-16-5-3-4-6-18(16)20(19)24/h3-12H,2,13H2,1H3,(H2,26,27,28,29,30). The van der Waals surface area contributed by atoms with Crippen molar-refractivity contribution in [2.45, 2.75) is 13.3 Å². The maximum absolute atomic E-state index is 8.96. The van der Waals surface area contributed by atoms with Crippen LogP contribution < -0.4 is 15.4 Å². The number of rotatable bonds is 7. The molecule has 0 spiro atoms. The zero-order valence-corrected chi connectivity index (χ0v) is 17.5. The Kier molecular flexibility index (Phi) is 6.11. The molecule has 7 nitrogen and oxygen atoms in total. The van der Waals surface area contributed by atoms with E-state index in [1.165, 1.54) is 0 Å². The van der Waals surface area contributed by atoms with Crippen molar-refractivity contribution in [1.29, 1.82) is 5.26 Å². The van der Waals surface area contributed by atoms with Gasteiger partial charge in [0.15, 0.2) is 0 Å². The smallest absolute Gasteiger partial charge is 0.328 e. The normalized spacial score (nSPS) is 10.5. The highest BCUT2D eigenvalue weighted by Gasteiger charge is 2.13. The van der Waals surface area contributed by atoms with Gasteiger partial charge in [0.05, 0.1) is 16.7 Å². The van der Waals surface area contributed by atoms with Gasteiger partial charge in [-0.15, -0.1) is 0 Å². The summed E-state index contributed by atoms with van der Waals surface area (Å²) < 4.78 is 5.94. The minimum Gasteiger partial charge on any atom is -0.423 e. The molecule has 8 heteroatoms. The number of hydrogen-bond donors (Lipinski definition) is 2. The molecule has 0 aliphatic carbocycles. The lowest BCUT2D eigenvalue weighted by molar-refractivity contribution is 0.442. The number of nitrogens with one attached hydrogen (secondary N) is 2. The molecule has 0 saturated heterocycles. The SMILES string of the molecule is CCCNc1nc(Nc2ccc(C#N)cc2)nc(Oc2ccc3ccccc3c2Cl)n1. The predicted molar refractivity (Wildman–Crippen MR) is 122 cm³/mol. The fourth-order valence-corrected chi connectivity index (χ4v) is 3.20. The second-order valence-corrected chi connectivity index (χ2v) is 7.08. The number of nitriles is 1. The van der Waals surface area contributed by atoms with E-state index in [1.54, 1.807) is 30.3 Å². The van der Waals surface area contributed by atoms with Crippen LogP contribution in [0.5, 0.6) is 11.8 Å². The number of fused-ring (bicyclic) bond motifs is 1. The zero-order chi connectivity index (χ0) is 21.6. The fraction of sp³-hybridized carbons (Fsp3) is 0.130. The molecule has 1 aromatic heterocycles. The summed E-state index contributed by atoms with van der Waals surface area (Å²) >= 11 is 6.56. The average molecular weight is 431 g/mol. The van der Waals surface area contributed by atoms with Gasteiger partial charge in [0.25, 0.3) is 0 Å². The lowest BCUT2D eigenvalue weighted by atomic mass is 10.1. The van der Waals surface area contributed by atoms with E-state index in [4.69, 9.17) is 21.6 Å². The Bertz CT molecular complexity index is 1250. The van der Waals surface area contributed by atoms with Crippen molar-refractivity contribution in [3.05, 3.63) is 71.2 Å². The summed E-state index contributed by atoms with van der Waals surface area (Å²) in [5.41, 5.74) is 1.31. The molecular formula is C23H19ClN6O. The molecule has 0 aliphatic rings. The van der Waals surface area contributed by atoms with Crippen molar-refractivity contribution in [1.82, 2.24) is 15.0 Å². The number of halogens is 1. The molecule has 0 bridgehead atoms. The second kappa shape index (κ2) is 9.28. The van der Waals surface area contributed by atoms with Crippen molar-refractivity contribution in [2.24, 2.45) is 0 Å². The molecule has 0 aliphatic heterocycles. The summed E-state index contributed by atoms with van der Waals surface area (Å²) in [6, 6.07) is 20.7. The first kappa shape index (κ1) is 20.4. The molecule has 0 saturated carbocycles. The summed E-state index contributed by atoms with van der Waals surface area (Å²) in [5, 5.41) is 17.6. The molecule has 0 radical (unpaired) electrons. The monoisotopic (exact) mass is 430 g/mol. The number of aromatic nitrogens is 3. The first-order valence-corrected chi connectivity index (χ1v) is 10.2. The van der Waals surface area contributed by atoms with Gasteiger partial charge in [-0.3, -0.25) is 0 Å². The molecule has 0 atom stereocenters. The Hall–Kier alpha value is -3.89. The maximum atomic E-state index is 8.96. The van der Waals surface area contributed by atoms with Crippen molar-refractivity contribution in [2.75, 3.05) is 17.2 Å². The fourth-order valence-electron chi connectivity index (χ4n) is 2.92. The number of benzene rings is 3. The van der Waals surface area contributed by atoms with Gasteiger partial charge in [-0.1, -0.05) is 48.9 Å². The lowest BCUT2D eigenvalue weighted by Gasteiger charge is -2.12. The Morgan fingerprint density at radius 1 is 0.968 bits per heavy atom. The van der Waals surface area contributed by atoms with Crippen LogP contribution in [0.1, 0.15) is 18.9 Å². The van der Waals surface area contributed by atoms with Gasteiger partial charge >= 0.3 is 6.01 Å². The van der Waals surface area contributed by atoms with Gasteiger partial charge in [-0.2, -0.15) is 20.2 Å². The van der Waals surface area contributed by atoms with E-state index < -0.39 is 0 Å². The number of anilines is 3. The van der Waals surface area contributed by atoms with Gasteiger partial charge in [0.1, 0.15) is 5.75 Å². The quantitative estimate of drug-likeness (QED) is 0.376. The Labute approximate surface area is 184 Å². The molecule has 0 unspecified atom stereocenters. The van der Waals surface area contributed by atoms with E-state index >= 15 is 0 Å². The molecular weight excluding hydrogens is 412 g/mol. The molecule has 154 valence electrons. The van der Waals surface area contributed by atoms with Crippen LogP contribution in [0.2, 0.25) is 5.02 Å². The Morgan fingerprint density at radius 3 is 2.52 bits per heavy atom. The van der Waals surface area contributed by atoms with E-state index in [2.05, 4.69) is 38.6 Å². The molecule has 0 amide bonds. The predicted octanol–water partition coefficient (Wildman–Crippen LogP) is 5.91. The third-order valence-corrected chi connectivity index (χ3v) is 4.84. The van der Waals surface area contributed by atoms with Crippen LogP contribution in [-0.4, -0.2) is 21.5 Å². The van der Waals surface area contributed by atoms with Crippen molar-refractivity contribution < 1.29 is 4.74 Å². The van der Waals surface area contributed by atoms with E-state index in [1.807, 2.05) is 30.3 Å². The largest absolute Gasteiger partial charge is 0.423 e. The highest BCUT2D eigenvalue weighted by atomic mass is 35.5. The van der Waals surface area contributed by atoms with Gasteiger partial charge in [0.2, 0.25) is 11.9 Å². The first-order valence-electron chi connectivity index (χ1n) is 9.78. The number of ether oxygens (including phenoxy) is 1. The highest BCUT2D eigenvalue weighted by Crippen LogP contribution is 2.35. The topological polar surface area (TPSA) is 95.8 Å². The summed E-state index contributed by atoms with van der Waals surface area (Å²) in [6.45, 7) is 2.76. The van der Waals surface area contributed by atoms with Crippen molar-refractivity contribution >= 4 is 40.0 Å². The van der Waals surface area contributed by atoms with Crippen LogP contribution in [0.3, 0.4) is 0 Å². The highest BCUT2D eigenvalue weighted by molar-refractivity contribution is 6.37. The Morgan fingerprint density at radius 2 is 1.74 bits per heavy atom. The summed E-state index contributed by atoms with van der Waals surface area (Å²) in [7, 11) is 0. The van der Waals surface area contributed by atoms with E-state index in [9.17, 15) is 0 Å². The summed E-state index contributed by atoms with van der Waals surface area (Å²) in [6.07, 6.45) is 0.913. The molecule has 31 heavy (non-hydrogen) atoms. The minimum absolute atomic E-state index is 0.113. The average Bonchev–Trinajstić information content (AvgIpc) is 2.80. The van der Waals surface area contributed by atoms with Crippen molar-refractivity contribution in [3.8, 4) is 17.8 Å². The Balaban J connectivity index is 1.65. The molecule has 0 fully saturated rings. The van der Waals surface area contributed by atoms with Gasteiger partial charge in [0, 0.05) is 17.6 Å². The van der Waals surface area contributed by atoms with Gasteiger partial charge in [-0.25, -0.2) is 0 Å². The second-order valence-electron chi connectivity index (χ2n) is 6.71.